The monoisotopic (exact) mass is 328 g/mol. The van der Waals surface area contributed by atoms with Gasteiger partial charge in [-0.25, -0.2) is 8.42 Å². The molecule has 2 heterocycles. The number of nitrogens with one attached hydrogen (secondary N) is 1. The van der Waals surface area contributed by atoms with Gasteiger partial charge >= 0.3 is 0 Å². The van der Waals surface area contributed by atoms with E-state index in [2.05, 4.69) is 10.2 Å². The molecule has 0 aromatic rings. The van der Waals surface area contributed by atoms with Crippen molar-refractivity contribution >= 4 is 9.84 Å². The van der Waals surface area contributed by atoms with Crippen molar-refractivity contribution in [1.29, 1.82) is 0 Å². The molecule has 128 valence electrons. The first-order chi connectivity index (χ1) is 10.6. The van der Waals surface area contributed by atoms with E-state index in [4.69, 9.17) is 0 Å². The molecule has 2 atom stereocenters. The van der Waals surface area contributed by atoms with Crippen LogP contribution in [0.3, 0.4) is 0 Å². The fourth-order valence-electron chi connectivity index (χ4n) is 4.55. The minimum atomic E-state index is -2.79. The van der Waals surface area contributed by atoms with E-state index >= 15 is 0 Å². The van der Waals surface area contributed by atoms with Crippen molar-refractivity contribution in [2.75, 3.05) is 31.1 Å². The Morgan fingerprint density at radius 3 is 2.55 bits per heavy atom. The summed E-state index contributed by atoms with van der Waals surface area (Å²) in [5.41, 5.74) is 0. The fraction of sp³-hybridized carbons (Fsp3) is 1.00. The Bertz CT molecular complexity index is 446. The van der Waals surface area contributed by atoms with Gasteiger partial charge in [0.25, 0.3) is 0 Å². The fourth-order valence-corrected chi connectivity index (χ4v) is 6.23. The standard InChI is InChI=1S/C17H32N2O2S/c20-22(21)11-5-8-16(14-22)18-12-17-9-4-10-19(17)13-15-6-2-1-3-7-15/h15-18H,1-14H2/t16-,17+/m0/s1. The summed E-state index contributed by atoms with van der Waals surface area (Å²) in [6.45, 7) is 3.49. The highest BCUT2D eigenvalue weighted by molar-refractivity contribution is 7.91. The molecule has 3 fully saturated rings. The molecule has 3 rings (SSSR count). The lowest BCUT2D eigenvalue weighted by Gasteiger charge is -2.32. The van der Waals surface area contributed by atoms with Gasteiger partial charge in [0.05, 0.1) is 11.5 Å². The minimum absolute atomic E-state index is 0.191. The summed E-state index contributed by atoms with van der Waals surface area (Å²) in [6.07, 6.45) is 11.5. The Morgan fingerprint density at radius 2 is 1.77 bits per heavy atom. The van der Waals surface area contributed by atoms with Gasteiger partial charge in [0.1, 0.15) is 0 Å². The molecule has 0 unspecified atom stereocenters. The van der Waals surface area contributed by atoms with E-state index in [9.17, 15) is 8.42 Å². The van der Waals surface area contributed by atoms with E-state index in [1.165, 1.54) is 58.0 Å². The van der Waals surface area contributed by atoms with Crippen LogP contribution in [0.4, 0.5) is 0 Å². The summed E-state index contributed by atoms with van der Waals surface area (Å²) in [5.74, 6) is 1.65. The Hall–Kier alpha value is -0.130. The van der Waals surface area contributed by atoms with Gasteiger partial charge in [-0.3, -0.25) is 4.90 Å². The van der Waals surface area contributed by atoms with Gasteiger partial charge in [-0.2, -0.15) is 0 Å². The topological polar surface area (TPSA) is 49.4 Å². The smallest absolute Gasteiger partial charge is 0.151 e. The molecule has 0 spiro atoms. The quantitative estimate of drug-likeness (QED) is 0.840. The average Bonchev–Trinajstić information content (AvgIpc) is 2.92. The van der Waals surface area contributed by atoms with Crippen LogP contribution in [0.25, 0.3) is 0 Å². The molecule has 1 saturated carbocycles. The number of hydrogen-bond donors (Lipinski definition) is 1. The normalized spacial score (nSPS) is 34.0. The molecule has 0 amide bonds. The lowest BCUT2D eigenvalue weighted by molar-refractivity contribution is 0.182. The molecule has 0 aromatic carbocycles. The maximum absolute atomic E-state index is 11.7. The van der Waals surface area contributed by atoms with Crippen molar-refractivity contribution in [2.45, 2.75) is 69.9 Å². The predicted octanol–water partition coefficient (Wildman–Crippen LogP) is 2.20. The van der Waals surface area contributed by atoms with Gasteiger partial charge in [-0.1, -0.05) is 19.3 Å². The second kappa shape index (κ2) is 7.63. The van der Waals surface area contributed by atoms with Gasteiger partial charge in [0.15, 0.2) is 9.84 Å². The molecule has 2 saturated heterocycles. The third-order valence-corrected chi connectivity index (χ3v) is 7.64. The summed E-state index contributed by atoms with van der Waals surface area (Å²) < 4.78 is 23.5. The van der Waals surface area contributed by atoms with Gasteiger partial charge in [-0.15, -0.1) is 0 Å². The summed E-state index contributed by atoms with van der Waals surface area (Å²) in [4.78, 5) is 2.68. The van der Waals surface area contributed by atoms with E-state index in [1.807, 2.05) is 0 Å². The largest absolute Gasteiger partial charge is 0.311 e. The summed E-state index contributed by atoms with van der Waals surface area (Å²) >= 11 is 0. The number of nitrogens with zero attached hydrogens (tertiary/aromatic N) is 1. The zero-order chi connectivity index (χ0) is 15.4. The first-order valence-corrected chi connectivity index (χ1v) is 11.1. The Labute approximate surface area is 135 Å². The summed E-state index contributed by atoms with van der Waals surface area (Å²) in [6, 6.07) is 0.822. The molecule has 0 bridgehead atoms. The molecule has 0 aromatic heterocycles. The van der Waals surface area contributed by atoms with Crippen molar-refractivity contribution in [3.8, 4) is 0 Å². The third-order valence-electron chi connectivity index (χ3n) is 5.82. The minimum Gasteiger partial charge on any atom is -0.311 e. The highest BCUT2D eigenvalue weighted by atomic mass is 32.2. The molecule has 4 nitrogen and oxygen atoms in total. The Kier molecular flexibility index (Phi) is 5.80. The summed E-state index contributed by atoms with van der Waals surface area (Å²) in [5, 5.41) is 3.57. The van der Waals surface area contributed by atoms with E-state index in [0.717, 1.165) is 25.3 Å². The molecule has 5 heteroatoms. The molecule has 1 N–H and O–H groups in total. The van der Waals surface area contributed by atoms with Crippen LogP contribution in [-0.4, -0.2) is 56.5 Å². The van der Waals surface area contributed by atoms with Crippen molar-refractivity contribution < 1.29 is 8.42 Å². The van der Waals surface area contributed by atoms with Gasteiger partial charge in [-0.05, 0) is 51.0 Å². The number of likely N-dealkylation sites (tertiary alicyclic amines) is 1. The van der Waals surface area contributed by atoms with Crippen LogP contribution in [0.2, 0.25) is 0 Å². The van der Waals surface area contributed by atoms with Crippen molar-refractivity contribution in [1.82, 2.24) is 10.2 Å². The molecular weight excluding hydrogens is 296 g/mol. The SMILES string of the molecule is O=S1(=O)CCC[C@H](NC[C@H]2CCCN2CC2CCCCC2)C1. The first-order valence-electron chi connectivity index (χ1n) is 9.30. The molecule has 1 aliphatic carbocycles. The van der Waals surface area contributed by atoms with Gasteiger partial charge in [0, 0.05) is 25.2 Å². The maximum atomic E-state index is 11.7. The van der Waals surface area contributed by atoms with Crippen LogP contribution < -0.4 is 5.32 Å². The van der Waals surface area contributed by atoms with Crippen molar-refractivity contribution in [3.05, 3.63) is 0 Å². The van der Waals surface area contributed by atoms with Crippen molar-refractivity contribution in [2.24, 2.45) is 5.92 Å². The van der Waals surface area contributed by atoms with Crippen LogP contribution in [0.1, 0.15) is 57.8 Å². The molecular formula is C17H32N2O2S. The highest BCUT2D eigenvalue weighted by Crippen LogP contribution is 2.27. The van der Waals surface area contributed by atoms with Crippen LogP contribution in [0.15, 0.2) is 0 Å². The predicted molar refractivity (Wildman–Crippen MR) is 90.8 cm³/mol. The zero-order valence-electron chi connectivity index (χ0n) is 13.8. The lowest BCUT2D eigenvalue weighted by Crippen LogP contribution is -2.47. The Balaban J connectivity index is 1.44. The van der Waals surface area contributed by atoms with Crippen LogP contribution >= 0.6 is 0 Å². The number of hydrogen-bond acceptors (Lipinski definition) is 4. The van der Waals surface area contributed by atoms with Crippen LogP contribution in [-0.2, 0) is 9.84 Å². The van der Waals surface area contributed by atoms with E-state index in [1.54, 1.807) is 0 Å². The lowest BCUT2D eigenvalue weighted by atomic mass is 9.89. The maximum Gasteiger partial charge on any atom is 0.151 e. The van der Waals surface area contributed by atoms with Gasteiger partial charge < -0.3 is 5.32 Å². The van der Waals surface area contributed by atoms with E-state index in [0.29, 0.717) is 17.5 Å². The molecule has 0 radical (unpaired) electrons. The van der Waals surface area contributed by atoms with Crippen LogP contribution in [0.5, 0.6) is 0 Å². The highest BCUT2D eigenvalue weighted by Gasteiger charge is 2.29. The van der Waals surface area contributed by atoms with Gasteiger partial charge in [0.2, 0.25) is 0 Å². The number of rotatable bonds is 5. The Morgan fingerprint density at radius 1 is 0.955 bits per heavy atom. The molecule has 3 aliphatic rings. The summed E-state index contributed by atoms with van der Waals surface area (Å²) in [7, 11) is -2.79. The molecule has 2 aliphatic heterocycles. The zero-order valence-corrected chi connectivity index (χ0v) is 14.6. The van der Waals surface area contributed by atoms with Crippen LogP contribution in [0, 0.1) is 5.92 Å². The first kappa shape index (κ1) is 16.7. The molecule has 22 heavy (non-hydrogen) atoms. The van der Waals surface area contributed by atoms with E-state index in [-0.39, 0.29) is 6.04 Å². The second-order valence-electron chi connectivity index (χ2n) is 7.66. The second-order valence-corrected chi connectivity index (χ2v) is 9.89. The number of sulfone groups is 1. The third kappa shape index (κ3) is 4.68. The van der Waals surface area contributed by atoms with Crippen molar-refractivity contribution in [3.63, 3.8) is 0 Å². The average molecular weight is 329 g/mol. The van der Waals surface area contributed by atoms with E-state index < -0.39 is 9.84 Å².